The van der Waals surface area contributed by atoms with Crippen molar-refractivity contribution in [2.45, 2.75) is 13.5 Å². The summed E-state index contributed by atoms with van der Waals surface area (Å²) in [5.74, 6) is 0.339. The molecule has 16 heavy (non-hydrogen) atoms. The van der Waals surface area contributed by atoms with Gasteiger partial charge in [-0.1, -0.05) is 15.9 Å². The minimum atomic E-state index is 0.339. The molecule has 0 radical (unpaired) electrons. The molecular weight excluding hydrogens is 270 g/mol. The van der Waals surface area contributed by atoms with Crippen LogP contribution in [0.2, 0.25) is 0 Å². The molecule has 0 unspecified atom stereocenters. The van der Waals surface area contributed by atoms with Gasteiger partial charge in [-0.05, 0) is 32.2 Å². The largest absolute Gasteiger partial charge is 0.508 e. The van der Waals surface area contributed by atoms with Gasteiger partial charge in [0.15, 0.2) is 0 Å². The van der Waals surface area contributed by atoms with E-state index in [-0.39, 0.29) is 0 Å². The van der Waals surface area contributed by atoms with Crippen LogP contribution >= 0.6 is 15.9 Å². The highest BCUT2D eigenvalue weighted by molar-refractivity contribution is 9.10. The topological polar surface area (TPSA) is 32.7 Å². The zero-order chi connectivity index (χ0) is 12.0. The quantitative estimate of drug-likeness (QED) is 0.817. The number of rotatable bonds is 6. The van der Waals surface area contributed by atoms with Gasteiger partial charge in [-0.2, -0.15) is 0 Å². The van der Waals surface area contributed by atoms with Crippen molar-refractivity contribution in [1.29, 1.82) is 0 Å². The highest BCUT2D eigenvalue weighted by atomic mass is 79.9. The lowest BCUT2D eigenvalue weighted by Crippen LogP contribution is -2.22. The SMILES string of the molecule is CCOCCN(C)Cc1cc(Br)ccc1O. The Bertz CT molecular complexity index is 331. The highest BCUT2D eigenvalue weighted by Gasteiger charge is 2.05. The maximum absolute atomic E-state index is 9.68. The van der Waals surface area contributed by atoms with E-state index in [9.17, 15) is 5.11 Å². The van der Waals surface area contributed by atoms with Crippen LogP contribution in [0.25, 0.3) is 0 Å². The zero-order valence-electron chi connectivity index (χ0n) is 9.74. The molecule has 0 aromatic heterocycles. The molecule has 0 fully saturated rings. The lowest BCUT2D eigenvalue weighted by atomic mass is 10.2. The number of halogens is 1. The number of hydrogen-bond acceptors (Lipinski definition) is 3. The Morgan fingerprint density at radius 3 is 2.88 bits per heavy atom. The number of hydrogen-bond donors (Lipinski definition) is 1. The Labute approximate surface area is 105 Å². The predicted octanol–water partition coefficient (Wildman–Crippen LogP) is 2.62. The lowest BCUT2D eigenvalue weighted by molar-refractivity contribution is 0.120. The van der Waals surface area contributed by atoms with Gasteiger partial charge in [-0.3, -0.25) is 4.90 Å². The van der Waals surface area contributed by atoms with Crippen molar-refractivity contribution in [3.8, 4) is 5.75 Å². The summed E-state index contributed by atoms with van der Waals surface area (Å²) in [7, 11) is 2.01. The fraction of sp³-hybridized carbons (Fsp3) is 0.500. The standard InChI is InChI=1S/C12H18BrNO2/c1-3-16-7-6-14(2)9-10-8-11(13)4-5-12(10)15/h4-5,8,15H,3,6-7,9H2,1-2H3. The minimum absolute atomic E-state index is 0.339. The van der Waals surface area contributed by atoms with Crippen LogP contribution in [-0.4, -0.2) is 36.8 Å². The van der Waals surface area contributed by atoms with Gasteiger partial charge in [0.05, 0.1) is 6.61 Å². The molecule has 1 aromatic carbocycles. The molecule has 0 atom stereocenters. The first-order chi connectivity index (χ1) is 7.63. The van der Waals surface area contributed by atoms with Crippen molar-refractivity contribution >= 4 is 15.9 Å². The van der Waals surface area contributed by atoms with E-state index in [0.29, 0.717) is 5.75 Å². The fourth-order valence-corrected chi connectivity index (χ4v) is 1.82. The van der Waals surface area contributed by atoms with Crippen molar-refractivity contribution in [3.63, 3.8) is 0 Å². The summed E-state index contributed by atoms with van der Waals surface area (Å²) in [6, 6.07) is 5.47. The third-order valence-corrected chi connectivity index (χ3v) is 2.80. The van der Waals surface area contributed by atoms with Gasteiger partial charge in [0, 0.05) is 29.7 Å². The van der Waals surface area contributed by atoms with E-state index >= 15 is 0 Å². The summed E-state index contributed by atoms with van der Waals surface area (Å²) >= 11 is 3.40. The summed E-state index contributed by atoms with van der Waals surface area (Å²) in [6.45, 7) is 5.04. The fourth-order valence-electron chi connectivity index (χ4n) is 1.42. The molecule has 0 saturated carbocycles. The summed E-state index contributed by atoms with van der Waals surface area (Å²) < 4.78 is 6.27. The molecule has 3 nitrogen and oxygen atoms in total. The summed E-state index contributed by atoms with van der Waals surface area (Å²) in [5.41, 5.74) is 0.924. The van der Waals surface area contributed by atoms with E-state index in [4.69, 9.17) is 4.74 Å². The lowest BCUT2D eigenvalue weighted by Gasteiger charge is -2.17. The summed E-state index contributed by atoms with van der Waals surface area (Å²) in [5, 5.41) is 9.68. The van der Waals surface area contributed by atoms with E-state index in [2.05, 4.69) is 20.8 Å². The maximum Gasteiger partial charge on any atom is 0.120 e. The molecule has 90 valence electrons. The number of phenols is 1. The Morgan fingerprint density at radius 2 is 2.19 bits per heavy atom. The number of phenolic OH excluding ortho intramolecular Hbond substituents is 1. The molecule has 1 aromatic rings. The number of aromatic hydroxyl groups is 1. The average Bonchev–Trinajstić information content (AvgIpc) is 2.24. The Hall–Kier alpha value is -0.580. The normalized spacial score (nSPS) is 11.0. The molecule has 1 rings (SSSR count). The molecule has 1 N–H and O–H groups in total. The molecule has 0 amide bonds. The molecular formula is C12H18BrNO2. The van der Waals surface area contributed by atoms with Gasteiger partial charge in [-0.15, -0.1) is 0 Å². The molecule has 0 aliphatic rings. The van der Waals surface area contributed by atoms with Gasteiger partial charge in [-0.25, -0.2) is 0 Å². The van der Waals surface area contributed by atoms with E-state index in [1.165, 1.54) is 0 Å². The minimum Gasteiger partial charge on any atom is -0.508 e. The predicted molar refractivity (Wildman–Crippen MR) is 68.6 cm³/mol. The van der Waals surface area contributed by atoms with Gasteiger partial charge >= 0.3 is 0 Å². The van der Waals surface area contributed by atoms with Crippen molar-refractivity contribution < 1.29 is 9.84 Å². The summed E-state index contributed by atoms with van der Waals surface area (Å²) in [4.78, 5) is 2.12. The first kappa shape index (κ1) is 13.5. The van der Waals surface area contributed by atoms with Crippen LogP contribution in [0.15, 0.2) is 22.7 Å². The Morgan fingerprint density at radius 1 is 1.44 bits per heavy atom. The van der Waals surface area contributed by atoms with Crippen molar-refractivity contribution in [2.24, 2.45) is 0 Å². The molecule has 4 heteroatoms. The molecule has 0 spiro atoms. The smallest absolute Gasteiger partial charge is 0.120 e. The van der Waals surface area contributed by atoms with E-state index in [1.54, 1.807) is 6.07 Å². The number of benzene rings is 1. The van der Waals surface area contributed by atoms with E-state index in [1.807, 2.05) is 26.1 Å². The highest BCUT2D eigenvalue weighted by Crippen LogP contribution is 2.22. The van der Waals surface area contributed by atoms with Crippen LogP contribution in [0.4, 0.5) is 0 Å². The third-order valence-electron chi connectivity index (χ3n) is 2.30. The second-order valence-corrected chi connectivity index (χ2v) is 4.62. The zero-order valence-corrected chi connectivity index (χ0v) is 11.3. The number of nitrogens with zero attached hydrogens (tertiary/aromatic N) is 1. The van der Waals surface area contributed by atoms with Crippen molar-refractivity contribution in [3.05, 3.63) is 28.2 Å². The molecule has 0 aliphatic carbocycles. The van der Waals surface area contributed by atoms with Gasteiger partial charge in [0.25, 0.3) is 0 Å². The van der Waals surface area contributed by atoms with Crippen LogP contribution in [0, 0.1) is 0 Å². The Balaban J connectivity index is 2.48. The molecule has 0 aliphatic heterocycles. The van der Waals surface area contributed by atoms with Gasteiger partial charge < -0.3 is 9.84 Å². The van der Waals surface area contributed by atoms with Gasteiger partial charge in [0.1, 0.15) is 5.75 Å². The molecule has 0 heterocycles. The molecule has 0 bridgehead atoms. The number of ether oxygens (including phenoxy) is 1. The van der Waals surface area contributed by atoms with Crippen LogP contribution in [0.5, 0.6) is 5.75 Å². The average molecular weight is 288 g/mol. The van der Waals surface area contributed by atoms with Crippen LogP contribution in [0.3, 0.4) is 0 Å². The van der Waals surface area contributed by atoms with E-state index in [0.717, 1.165) is 36.3 Å². The van der Waals surface area contributed by atoms with Crippen molar-refractivity contribution in [2.75, 3.05) is 26.8 Å². The monoisotopic (exact) mass is 287 g/mol. The van der Waals surface area contributed by atoms with Crippen LogP contribution in [0.1, 0.15) is 12.5 Å². The second-order valence-electron chi connectivity index (χ2n) is 3.71. The van der Waals surface area contributed by atoms with E-state index < -0.39 is 0 Å². The van der Waals surface area contributed by atoms with Crippen LogP contribution in [-0.2, 0) is 11.3 Å². The Kier molecular flexibility index (Phi) is 5.80. The van der Waals surface area contributed by atoms with Crippen LogP contribution < -0.4 is 0 Å². The second kappa shape index (κ2) is 6.89. The third kappa shape index (κ3) is 4.51. The first-order valence-corrected chi connectivity index (χ1v) is 6.16. The summed E-state index contributed by atoms with van der Waals surface area (Å²) in [6.07, 6.45) is 0. The molecule has 0 saturated heterocycles. The number of likely N-dealkylation sites (N-methyl/N-ethyl adjacent to an activating group) is 1. The van der Waals surface area contributed by atoms with Gasteiger partial charge in [0.2, 0.25) is 0 Å². The first-order valence-electron chi connectivity index (χ1n) is 5.37. The van der Waals surface area contributed by atoms with Crippen molar-refractivity contribution in [1.82, 2.24) is 4.90 Å². The maximum atomic E-state index is 9.68.